The van der Waals surface area contributed by atoms with E-state index in [1.54, 1.807) is 11.3 Å². The molecular formula is C7H5BrOS. The molecule has 0 fully saturated rings. The largest absolute Gasteiger partial charge is 0.438 e. The minimum absolute atomic E-state index is 0.856. The zero-order valence-corrected chi connectivity index (χ0v) is 7.75. The Morgan fingerprint density at radius 1 is 1.60 bits per heavy atom. The number of hydrogen-bond acceptors (Lipinski definition) is 2. The molecule has 0 N–H and O–H groups in total. The third-order valence-electron chi connectivity index (χ3n) is 1.51. The number of halogens is 1. The molecule has 0 saturated heterocycles. The van der Waals surface area contributed by atoms with Crippen molar-refractivity contribution in [3.8, 4) is 0 Å². The third-order valence-corrected chi connectivity index (χ3v) is 3.06. The summed E-state index contributed by atoms with van der Waals surface area (Å²) in [5, 5.41) is 3.25. The molecule has 52 valence electrons. The molecule has 0 aliphatic carbocycles. The van der Waals surface area contributed by atoms with Gasteiger partial charge in [0.2, 0.25) is 0 Å². The van der Waals surface area contributed by atoms with Gasteiger partial charge in [-0.15, -0.1) is 11.3 Å². The van der Waals surface area contributed by atoms with Crippen LogP contribution in [-0.4, -0.2) is 0 Å². The lowest BCUT2D eigenvalue weighted by Crippen LogP contribution is -1.61. The van der Waals surface area contributed by atoms with Crippen LogP contribution in [0.4, 0.5) is 0 Å². The van der Waals surface area contributed by atoms with Crippen molar-refractivity contribution < 1.29 is 4.42 Å². The van der Waals surface area contributed by atoms with Crippen molar-refractivity contribution >= 4 is 37.5 Å². The number of thiophene rings is 1. The maximum Gasteiger partial charge on any atom is 0.189 e. The molecule has 0 aliphatic heterocycles. The van der Waals surface area contributed by atoms with E-state index in [1.807, 2.05) is 12.3 Å². The van der Waals surface area contributed by atoms with Crippen LogP contribution in [-0.2, 0) is 0 Å². The van der Waals surface area contributed by atoms with Gasteiger partial charge in [-0.1, -0.05) is 0 Å². The molecular weight excluding hydrogens is 212 g/mol. The zero-order chi connectivity index (χ0) is 7.14. The lowest BCUT2D eigenvalue weighted by molar-refractivity contribution is 0.591. The second-order valence-corrected chi connectivity index (χ2v) is 3.72. The van der Waals surface area contributed by atoms with Crippen molar-refractivity contribution in [1.82, 2.24) is 0 Å². The fourth-order valence-electron chi connectivity index (χ4n) is 0.916. The fraction of sp³-hybridized carbons (Fsp3) is 0.143. The van der Waals surface area contributed by atoms with Crippen LogP contribution in [0.2, 0.25) is 0 Å². The van der Waals surface area contributed by atoms with Gasteiger partial charge in [-0.2, -0.15) is 0 Å². The monoisotopic (exact) mass is 216 g/mol. The van der Waals surface area contributed by atoms with E-state index in [0.717, 1.165) is 9.57 Å². The van der Waals surface area contributed by atoms with Gasteiger partial charge >= 0.3 is 0 Å². The lowest BCUT2D eigenvalue weighted by atomic mass is 10.3. The molecule has 1 nitrogen and oxygen atoms in total. The van der Waals surface area contributed by atoms with Gasteiger partial charge in [0, 0.05) is 10.9 Å². The first-order chi connectivity index (χ1) is 4.79. The van der Waals surface area contributed by atoms with E-state index in [2.05, 4.69) is 22.0 Å². The van der Waals surface area contributed by atoms with Crippen LogP contribution in [0.3, 0.4) is 0 Å². The van der Waals surface area contributed by atoms with Crippen molar-refractivity contribution in [3.63, 3.8) is 0 Å². The quantitative estimate of drug-likeness (QED) is 0.657. The molecule has 0 spiro atoms. The molecule has 2 aromatic heterocycles. The topological polar surface area (TPSA) is 13.1 Å². The van der Waals surface area contributed by atoms with Crippen LogP contribution >= 0.6 is 27.3 Å². The van der Waals surface area contributed by atoms with Crippen molar-refractivity contribution in [2.45, 2.75) is 6.92 Å². The van der Waals surface area contributed by atoms with Gasteiger partial charge in [0.05, 0.1) is 0 Å². The Hall–Kier alpha value is -0.280. The smallest absolute Gasteiger partial charge is 0.189 e. The standard InChI is InChI=1S/C7H5BrOS/c1-4-5-2-3-10-7(5)9-6(4)8/h2-3H,1H3. The molecule has 0 aliphatic rings. The first-order valence-corrected chi connectivity index (χ1v) is 4.58. The summed E-state index contributed by atoms with van der Waals surface area (Å²) in [5.41, 5.74) is 1.19. The predicted molar refractivity (Wildman–Crippen MR) is 46.5 cm³/mol. The van der Waals surface area contributed by atoms with Crippen molar-refractivity contribution in [3.05, 3.63) is 21.7 Å². The van der Waals surface area contributed by atoms with Crippen molar-refractivity contribution in [1.29, 1.82) is 0 Å². The highest BCUT2D eigenvalue weighted by Gasteiger charge is 2.07. The Balaban J connectivity index is 2.95. The normalized spacial score (nSPS) is 11.0. The Bertz CT molecular complexity index is 360. The molecule has 0 atom stereocenters. The van der Waals surface area contributed by atoms with Gasteiger partial charge in [0.15, 0.2) is 9.57 Å². The van der Waals surface area contributed by atoms with Gasteiger partial charge in [-0.3, -0.25) is 0 Å². The molecule has 0 radical (unpaired) electrons. The van der Waals surface area contributed by atoms with E-state index in [4.69, 9.17) is 4.42 Å². The molecule has 2 aromatic rings. The SMILES string of the molecule is Cc1c(Br)oc2sccc12. The van der Waals surface area contributed by atoms with E-state index in [-0.39, 0.29) is 0 Å². The van der Waals surface area contributed by atoms with Crippen LogP contribution in [0.5, 0.6) is 0 Å². The highest BCUT2D eigenvalue weighted by Crippen LogP contribution is 2.32. The Labute approximate surface area is 70.8 Å². The Morgan fingerprint density at radius 3 is 3.10 bits per heavy atom. The molecule has 10 heavy (non-hydrogen) atoms. The number of aryl methyl sites for hydroxylation is 1. The summed E-state index contributed by atoms with van der Waals surface area (Å²) in [4.78, 5) is 1.00. The van der Waals surface area contributed by atoms with Gasteiger partial charge in [0.1, 0.15) is 0 Å². The van der Waals surface area contributed by atoms with Crippen LogP contribution in [0.25, 0.3) is 10.3 Å². The van der Waals surface area contributed by atoms with Gasteiger partial charge < -0.3 is 4.42 Å². The highest BCUT2D eigenvalue weighted by atomic mass is 79.9. The maximum absolute atomic E-state index is 5.37. The van der Waals surface area contributed by atoms with E-state index in [9.17, 15) is 0 Å². The number of rotatable bonds is 0. The fourth-order valence-corrected chi connectivity index (χ4v) is 2.21. The summed E-state index contributed by atoms with van der Waals surface area (Å²) < 4.78 is 6.23. The Kier molecular flexibility index (Phi) is 1.35. The molecule has 0 unspecified atom stereocenters. The summed E-state index contributed by atoms with van der Waals surface area (Å²) >= 11 is 4.95. The molecule has 0 bridgehead atoms. The molecule has 0 amide bonds. The van der Waals surface area contributed by atoms with Gasteiger partial charge in [0.25, 0.3) is 0 Å². The molecule has 0 aromatic carbocycles. The number of fused-ring (bicyclic) bond motifs is 1. The van der Waals surface area contributed by atoms with Crippen LogP contribution in [0, 0.1) is 6.92 Å². The van der Waals surface area contributed by atoms with E-state index in [0.29, 0.717) is 0 Å². The summed E-state index contributed by atoms with van der Waals surface area (Å²) in [6.07, 6.45) is 0. The predicted octanol–water partition coefficient (Wildman–Crippen LogP) is 3.57. The third kappa shape index (κ3) is 0.739. The van der Waals surface area contributed by atoms with E-state index < -0.39 is 0 Å². The summed E-state index contributed by atoms with van der Waals surface area (Å²) in [6, 6.07) is 2.07. The van der Waals surface area contributed by atoms with E-state index in [1.165, 1.54) is 10.9 Å². The minimum Gasteiger partial charge on any atom is -0.438 e. The summed E-state index contributed by atoms with van der Waals surface area (Å²) in [6.45, 7) is 2.04. The molecule has 3 heteroatoms. The number of hydrogen-bond donors (Lipinski definition) is 0. The Morgan fingerprint density at radius 2 is 2.40 bits per heavy atom. The zero-order valence-electron chi connectivity index (χ0n) is 5.35. The van der Waals surface area contributed by atoms with Crippen LogP contribution in [0.15, 0.2) is 20.5 Å². The van der Waals surface area contributed by atoms with Crippen molar-refractivity contribution in [2.75, 3.05) is 0 Å². The van der Waals surface area contributed by atoms with Crippen LogP contribution in [0.1, 0.15) is 5.56 Å². The molecule has 2 heterocycles. The lowest BCUT2D eigenvalue weighted by Gasteiger charge is -1.79. The number of furan rings is 1. The molecule has 0 saturated carbocycles. The van der Waals surface area contributed by atoms with Crippen LogP contribution < -0.4 is 0 Å². The van der Waals surface area contributed by atoms with Crippen molar-refractivity contribution in [2.24, 2.45) is 0 Å². The summed E-state index contributed by atoms with van der Waals surface area (Å²) in [7, 11) is 0. The second-order valence-electron chi connectivity index (χ2n) is 2.12. The second kappa shape index (κ2) is 2.10. The van der Waals surface area contributed by atoms with Gasteiger partial charge in [-0.25, -0.2) is 0 Å². The first kappa shape index (κ1) is 6.43. The molecule has 2 rings (SSSR count). The van der Waals surface area contributed by atoms with E-state index >= 15 is 0 Å². The average Bonchev–Trinajstić information content (AvgIpc) is 2.41. The highest BCUT2D eigenvalue weighted by molar-refractivity contribution is 9.10. The first-order valence-electron chi connectivity index (χ1n) is 2.91. The minimum atomic E-state index is 0.856. The van der Waals surface area contributed by atoms with Gasteiger partial charge in [-0.05, 0) is 34.3 Å². The maximum atomic E-state index is 5.37. The average molecular weight is 217 g/mol. The summed E-state index contributed by atoms with van der Waals surface area (Å²) in [5.74, 6) is 0.